The lowest BCUT2D eigenvalue weighted by Crippen LogP contribution is -2.47. The Labute approximate surface area is 117 Å². The summed E-state index contributed by atoms with van der Waals surface area (Å²) in [7, 11) is 0. The highest BCUT2D eigenvalue weighted by atomic mass is 16.5. The van der Waals surface area contributed by atoms with Crippen LogP contribution < -0.4 is 11.1 Å². The van der Waals surface area contributed by atoms with Gasteiger partial charge in [0.25, 0.3) is 0 Å². The predicted molar refractivity (Wildman–Crippen MR) is 72.8 cm³/mol. The van der Waals surface area contributed by atoms with Gasteiger partial charge in [0.1, 0.15) is 0 Å². The molecule has 2 amide bonds. The fourth-order valence-electron chi connectivity index (χ4n) is 2.39. The van der Waals surface area contributed by atoms with E-state index >= 15 is 0 Å². The molecule has 2 rings (SSSR count). The van der Waals surface area contributed by atoms with E-state index in [2.05, 4.69) is 10.5 Å². The maximum Gasteiger partial charge on any atom is 0.243 e. The molecule has 0 aromatic carbocycles. The summed E-state index contributed by atoms with van der Waals surface area (Å²) >= 11 is 0. The number of primary amides is 1. The second kappa shape index (κ2) is 6.04. The van der Waals surface area contributed by atoms with Crippen LogP contribution in [0.3, 0.4) is 0 Å². The first-order valence-electron chi connectivity index (χ1n) is 6.75. The summed E-state index contributed by atoms with van der Waals surface area (Å²) < 4.78 is 4.96. The fourth-order valence-corrected chi connectivity index (χ4v) is 2.39. The van der Waals surface area contributed by atoms with Gasteiger partial charge in [-0.2, -0.15) is 0 Å². The van der Waals surface area contributed by atoms with E-state index in [-0.39, 0.29) is 23.8 Å². The number of nitrogens with one attached hydrogen (secondary N) is 1. The second-order valence-corrected chi connectivity index (χ2v) is 5.21. The van der Waals surface area contributed by atoms with E-state index in [9.17, 15) is 9.59 Å². The van der Waals surface area contributed by atoms with Gasteiger partial charge in [0.15, 0.2) is 0 Å². The molecule has 1 aromatic rings. The van der Waals surface area contributed by atoms with Crippen molar-refractivity contribution in [2.45, 2.75) is 32.7 Å². The van der Waals surface area contributed by atoms with Crippen molar-refractivity contribution >= 4 is 17.7 Å². The molecule has 110 valence electrons. The monoisotopic (exact) mass is 280 g/mol. The largest absolute Gasteiger partial charge is 0.369 e. The number of amides is 2. The van der Waals surface area contributed by atoms with E-state index in [1.165, 1.54) is 0 Å². The molecule has 7 nitrogen and oxygen atoms in total. The van der Waals surface area contributed by atoms with Gasteiger partial charge < -0.3 is 10.3 Å². The average Bonchev–Trinajstić information content (AvgIpc) is 2.83. The lowest BCUT2D eigenvalue weighted by atomic mass is 9.95. The Morgan fingerprint density at radius 2 is 2.15 bits per heavy atom. The highest BCUT2D eigenvalue weighted by Crippen LogP contribution is 2.19. The van der Waals surface area contributed by atoms with Crippen molar-refractivity contribution in [1.82, 2.24) is 10.1 Å². The second-order valence-electron chi connectivity index (χ2n) is 5.21. The molecule has 1 saturated heterocycles. The number of piperidine rings is 1. The first-order chi connectivity index (χ1) is 9.47. The minimum Gasteiger partial charge on any atom is -0.369 e. The third kappa shape index (κ3) is 3.36. The highest BCUT2D eigenvalue weighted by Gasteiger charge is 2.29. The van der Waals surface area contributed by atoms with Crippen LogP contribution >= 0.6 is 0 Å². The van der Waals surface area contributed by atoms with Crippen molar-refractivity contribution < 1.29 is 14.1 Å². The molecule has 3 N–H and O–H groups in total. The van der Waals surface area contributed by atoms with Crippen LogP contribution in [-0.4, -0.2) is 41.0 Å². The van der Waals surface area contributed by atoms with Crippen LogP contribution in [0.2, 0.25) is 0 Å². The molecule has 1 aliphatic heterocycles. The van der Waals surface area contributed by atoms with Crippen molar-refractivity contribution in [3.8, 4) is 0 Å². The quantitative estimate of drug-likeness (QED) is 0.836. The molecule has 7 heteroatoms. The Morgan fingerprint density at radius 1 is 1.50 bits per heavy atom. The molecule has 20 heavy (non-hydrogen) atoms. The van der Waals surface area contributed by atoms with Crippen LogP contribution in [0.25, 0.3) is 0 Å². The molecule has 0 radical (unpaired) electrons. The van der Waals surface area contributed by atoms with Crippen molar-refractivity contribution in [1.29, 1.82) is 0 Å². The Hall–Kier alpha value is -1.89. The number of hydrogen-bond acceptors (Lipinski definition) is 5. The molecule has 0 saturated carbocycles. The summed E-state index contributed by atoms with van der Waals surface area (Å²) in [6.45, 7) is 5.01. The SMILES string of the molecule is Cc1cc(NC(=O)[C@H](C)N2CCC(C(N)=O)CC2)on1. The number of hydrogen-bond donors (Lipinski definition) is 2. The van der Waals surface area contributed by atoms with Gasteiger partial charge in [-0.1, -0.05) is 5.16 Å². The first-order valence-corrected chi connectivity index (χ1v) is 6.75. The number of carbonyl (C=O) groups excluding carboxylic acids is 2. The number of aromatic nitrogens is 1. The van der Waals surface area contributed by atoms with E-state index in [0.717, 1.165) is 5.69 Å². The van der Waals surface area contributed by atoms with Crippen LogP contribution in [-0.2, 0) is 9.59 Å². The van der Waals surface area contributed by atoms with E-state index < -0.39 is 0 Å². The van der Waals surface area contributed by atoms with Crippen molar-refractivity contribution in [3.05, 3.63) is 11.8 Å². The van der Waals surface area contributed by atoms with E-state index in [0.29, 0.717) is 31.8 Å². The maximum absolute atomic E-state index is 12.1. The number of nitrogens with zero attached hydrogens (tertiary/aromatic N) is 2. The minimum atomic E-state index is -0.283. The van der Waals surface area contributed by atoms with Crippen molar-refractivity contribution in [2.75, 3.05) is 18.4 Å². The molecule has 2 heterocycles. The lowest BCUT2D eigenvalue weighted by molar-refractivity contribution is -0.124. The zero-order valence-corrected chi connectivity index (χ0v) is 11.8. The van der Waals surface area contributed by atoms with Crippen LogP contribution in [0.1, 0.15) is 25.5 Å². The summed E-state index contributed by atoms with van der Waals surface area (Å²) in [5.74, 6) is -0.109. The molecule has 0 spiro atoms. The molecule has 1 aromatic heterocycles. The summed E-state index contributed by atoms with van der Waals surface area (Å²) in [6.07, 6.45) is 1.41. The zero-order chi connectivity index (χ0) is 14.7. The molecule has 1 atom stereocenters. The molecular formula is C13H20N4O3. The normalized spacial score (nSPS) is 18.7. The molecule has 0 unspecified atom stereocenters. The highest BCUT2D eigenvalue weighted by molar-refractivity contribution is 5.93. The minimum absolute atomic E-state index is 0.0709. The van der Waals surface area contributed by atoms with Crippen molar-refractivity contribution in [3.63, 3.8) is 0 Å². The summed E-state index contributed by atoms with van der Waals surface area (Å²) in [4.78, 5) is 25.3. The van der Waals surface area contributed by atoms with Gasteiger partial charge >= 0.3 is 0 Å². The number of aryl methyl sites for hydroxylation is 1. The Kier molecular flexibility index (Phi) is 4.39. The van der Waals surface area contributed by atoms with Gasteiger partial charge in [-0.25, -0.2) is 0 Å². The third-order valence-electron chi connectivity index (χ3n) is 3.73. The Balaban J connectivity index is 1.86. The van der Waals surface area contributed by atoms with Gasteiger partial charge in [0, 0.05) is 12.0 Å². The van der Waals surface area contributed by atoms with E-state index in [1.54, 1.807) is 13.0 Å². The van der Waals surface area contributed by atoms with Gasteiger partial charge in [0.05, 0.1) is 11.7 Å². The Bertz CT molecular complexity index is 492. The third-order valence-corrected chi connectivity index (χ3v) is 3.73. The summed E-state index contributed by atoms with van der Waals surface area (Å²) in [5, 5.41) is 6.41. The zero-order valence-electron chi connectivity index (χ0n) is 11.8. The summed E-state index contributed by atoms with van der Waals surface area (Å²) in [5.41, 5.74) is 6.01. The van der Waals surface area contributed by atoms with E-state index in [1.807, 2.05) is 11.8 Å². The molecule has 1 fully saturated rings. The van der Waals surface area contributed by atoms with Crippen LogP contribution in [0, 0.1) is 12.8 Å². The topological polar surface area (TPSA) is 101 Å². The van der Waals surface area contributed by atoms with E-state index in [4.69, 9.17) is 10.3 Å². The van der Waals surface area contributed by atoms with Crippen LogP contribution in [0.5, 0.6) is 0 Å². The number of carbonyl (C=O) groups is 2. The standard InChI is InChI=1S/C13H20N4O3/c1-8-7-11(20-16-8)15-13(19)9(2)17-5-3-10(4-6-17)12(14)18/h7,9-10H,3-6H2,1-2H3,(H2,14,18)(H,15,19)/t9-/m0/s1. The number of likely N-dealkylation sites (tertiary alicyclic amines) is 1. The van der Waals surface area contributed by atoms with Crippen LogP contribution in [0.15, 0.2) is 10.6 Å². The molecule has 1 aliphatic rings. The summed E-state index contributed by atoms with van der Waals surface area (Å²) in [6, 6.07) is 1.39. The molecular weight excluding hydrogens is 260 g/mol. The average molecular weight is 280 g/mol. The van der Waals surface area contributed by atoms with Gasteiger partial charge in [-0.05, 0) is 39.8 Å². The van der Waals surface area contributed by atoms with Crippen LogP contribution in [0.4, 0.5) is 5.88 Å². The van der Waals surface area contributed by atoms with Gasteiger partial charge in [0.2, 0.25) is 17.7 Å². The number of rotatable bonds is 4. The Morgan fingerprint density at radius 3 is 2.65 bits per heavy atom. The molecule has 0 bridgehead atoms. The number of nitrogens with two attached hydrogens (primary N) is 1. The predicted octanol–water partition coefficient (Wildman–Crippen LogP) is 0.507. The smallest absolute Gasteiger partial charge is 0.243 e. The number of anilines is 1. The van der Waals surface area contributed by atoms with Gasteiger partial charge in [-0.3, -0.25) is 19.8 Å². The lowest BCUT2D eigenvalue weighted by Gasteiger charge is -2.33. The van der Waals surface area contributed by atoms with Crippen molar-refractivity contribution in [2.24, 2.45) is 11.7 Å². The fraction of sp³-hybridized carbons (Fsp3) is 0.615. The molecule has 0 aliphatic carbocycles. The van der Waals surface area contributed by atoms with Gasteiger partial charge in [-0.15, -0.1) is 0 Å². The maximum atomic E-state index is 12.1. The first kappa shape index (κ1) is 14.5.